The molecule has 1 saturated carbocycles. The second-order valence-corrected chi connectivity index (χ2v) is 4.90. The van der Waals surface area contributed by atoms with Gasteiger partial charge in [-0.25, -0.2) is 0 Å². The van der Waals surface area contributed by atoms with Gasteiger partial charge >= 0.3 is 0 Å². The smallest absolute Gasteiger partial charge is 0.221 e. The van der Waals surface area contributed by atoms with Crippen molar-refractivity contribution in [3.8, 4) is 0 Å². The zero-order chi connectivity index (χ0) is 12.8. The van der Waals surface area contributed by atoms with Crippen molar-refractivity contribution in [3.05, 3.63) is 35.4 Å². The fraction of sp³-hybridized carbons (Fsp3) is 0.533. The van der Waals surface area contributed by atoms with Crippen LogP contribution in [0.25, 0.3) is 0 Å². The van der Waals surface area contributed by atoms with Crippen LogP contribution in [0, 0.1) is 0 Å². The Morgan fingerprint density at radius 1 is 1.28 bits per heavy atom. The first-order valence-corrected chi connectivity index (χ1v) is 6.86. The van der Waals surface area contributed by atoms with Gasteiger partial charge in [0.2, 0.25) is 5.91 Å². The molecule has 0 saturated heterocycles. The summed E-state index contributed by atoms with van der Waals surface area (Å²) in [4.78, 5) is 11.2. The third-order valence-electron chi connectivity index (χ3n) is 3.26. The molecule has 0 bridgehead atoms. The van der Waals surface area contributed by atoms with E-state index in [2.05, 4.69) is 34.9 Å². The van der Waals surface area contributed by atoms with E-state index < -0.39 is 0 Å². The third-order valence-corrected chi connectivity index (χ3v) is 3.26. The van der Waals surface area contributed by atoms with Gasteiger partial charge in [-0.1, -0.05) is 24.3 Å². The van der Waals surface area contributed by atoms with Crippen LogP contribution >= 0.6 is 0 Å². The number of carbonyl (C=O) groups is 1. The van der Waals surface area contributed by atoms with E-state index in [4.69, 9.17) is 0 Å². The molecule has 1 aliphatic rings. The van der Waals surface area contributed by atoms with Gasteiger partial charge in [-0.2, -0.15) is 0 Å². The van der Waals surface area contributed by atoms with Crippen molar-refractivity contribution in [1.29, 1.82) is 0 Å². The second kappa shape index (κ2) is 6.55. The maximum absolute atomic E-state index is 11.2. The average molecular weight is 246 g/mol. The zero-order valence-corrected chi connectivity index (χ0v) is 11.0. The van der Waals surface area contributed by atoms with E-state index in [1.54, 1.807) is 0 Å². The van der Waals surface area contributed by atoms with Crippen LogP contribution in [0.2, 0.25) is 0 Å². The van der Waals surface area contributed by atoms with Gasteiger partial charge < -0.3 is 10.6 Å². The minimum atomic E-state index is 0.120. The topological polar surface area (TPSA) is 41.1 Å². The third kappa shape index (κ3) is 4.15. The SMILES string of the molecule is CCNC(=O)CCNCc1ccc(C2CC2)cc1. The van der Waals surface area contributed by atoms with Crippen LogP contribution in [0.15, 0.2) is 24.3 Å². The molecule has 98 valence electrons. The van der Waals surface area contributed by atoms with E-state index in [9.17, 15) is 4.79 Å². The molecule has 3 heteroatoms. The molecule has 2 N–H and O–H groups in total. The van der Waals surface area contributed by atoms with Crippen molar-refractivity contribution in [3.63, 3.8) is 0 Å². The van der Waals surface area contributed by atoms with E-state index in [1.807, 2.05) is 6.92 Å². The first-order chi connectivity index (χ1) is 8.79. The number of nitrogens with one attached hydrogen (secondary N) is 2. The van der Waals surface area contributed by atoms with E-state index in [1.165, 1.54) is 24.0 Å². The summed E-state index contributed by atoms with van der Waals surface area (Å²) in [6.45, 7) is 4.22. The van der Waals surface area contributed by atoms with Gasteiger partial charge in [0.15, 0.2) is 0 Å². The van der Waals surface area contributed by atoms with Gasteiger partial charge in [-0.15, -0.1) is 0 Å². The zero-order valence-electron chi connectivity index (χ0n) is 11.0. The van der Waals surface area contributed by atoms with Crippen molar-refractivity contribution in [2.75, 3.05) is 13.1 Å². The molecule has 0 aromatic heterocycles. The molecule has 0 spiro atoms. The fourth-order valence-electron chi connectivity index (χ4n) is 2.04. The van der Waals surface area contributed by atoms with Crippen molar-refractivity contribution < 1.29 is 4.79 Å². The van der Waals surface area contributed by atoms with E-state index in [0.717, 1.165) is 19.0 Å². The summed E-state index contributed by atoms with van der Waals surface area (Å²) in [5.41, 5.74) is 2.76. The quantitative estimate of drug-likeness (QED) is 0.724. The highest BCUT2D eigenvalue weighted by molar-refractivity contribution is 5.75. The van der Waals surface area contributed by atoms with Gasteiger partial charge in [-0.3, -0.25) is 4.79 Å². The van der Waals surface area contributed by atoms with Crippen LogP contribution in [-0.2, 0) is 11.3 Å². The van der Waals surface area contributed by atoms with Crippen LogP contribution in [-0.4, -0.2) is 19.0 Å². The molecule has 1 aliphatic carbocycles. The van der Waals surface area contributed by atoms with Crippen molar-refractivity contribution in [2.24, 2.45) is 0 Å². The monoisotopic (exact) mass is 246 g/mol. The number of hydrogen-bond donors (Lipinski definition) is 2. The van der Waals surface area contributed by atoms with Crippen LogP contribution in [0.5, 0.6) is 0 Å². The molecule has 0 radical (unpaired) electrons. The first kappa shape index (κ1) is 13.1. The second-order valence-electron chi connectivity index (χ2n) is 4.90. The van der Waals surface area contributed by atoms with Crippen molar-refractivity contribution >= 4 is 5.91 Å². The molecular formula is C15H22N2O. The standard InChI is InChI=1S/C15H22N2O/c1-2-17-15(18)9-10-16-11-12-3-5-13(6-4-12)14-7-8-14/h3-6,14,16H,2,7-11H2,1H3,(H,17,18). The van der Waals surface area contributed by atoms with Gasteiger partial charge in [0.25, 0.3) is 0 Å². The minimum Gasteiger partial charge on any atom is -0.356 e. The fourth-order valence-corrected chi connectivity index (χ4v) is 2.04. The lowest BCUT2D eigenvalue weighted by atomic mass is 10.1. The molecule has 1 aromatic rings. The highest BCUT2D eigenvalue weighted by Crippen LogP contribution is 2.39. The Balaban J connectivity index is 1.65. The average Bonchev–Trinajstić information content (AvgIpc) is 3.20. The number of amides is 1. The van der Waals surface area contributed by atoms with Crippen LogP contribution < -0.4 is 10.6 Å². The normalized spacial score (nSPS) is 14.5. The predicted molar refractivity (Wildman–Crippen MR) is 73.4 cm³/mol. The molecule has 1 aromatic carbocycles. The summed E-state index contributed by atoms with van der Waals surface area (Å²) in [5.74, 6) is 0.943. The Morgan fingerprint density at radius 2 is 2.00 bits per heavy atom. The summed E-state index contributed by atoms with van der Waals surface area (Å²) in [7, 11) is 0. The number of rotatable bonds is 7. The summed E-state index contributed by atoms with van der Waals surface area (Å²) in [6, 6.07) is 8.84. The Morgan fingerprint density at radius 3 is 2.61 bits per heavy atom. The number of hydrogen-bond acceptors (Lipinski definition) is 2. The summed E-state index contributed by atoms with van der Waals surface area (Å²) in [5, 5.41) is 6.09. The lowest BCUT2D eigenvalue weighted by molar-refractivity contribution is -0.120. The molecular weight excluding hydrogens is 224 g/mol. The van der Waals surface area contributed by atoms with Gasteiger partial charge in [0, 0.05) is 26.1 Å². The Labute approximate surface area is 109 Å². The van der Waals surface area contributed by atoms with Crippen LogP contribution in [0.1, 0.15) is 43.2 Å². The highest BCUT2D eigenvalue weighted by atomic mass is 16.1. The maximum atomic E-state index is 11.2. The molecule has 1 fully saturated rings. The van der Waals surface area contributed by atoms with Crippen molar-refractivity contribution in [2.45, 2.75) is 38.6 Å². The Hall–Kier alpha value is -1.35. The maximum Gasteiger partial charge on any atom is 0.221 e. The molecule has 0 aliphatic heterocycles. The van der Waals surface area contributed by atoms with Gasteiger partial charge in [0.1, 0.15) is 0 Å². The van der Waals surface area contributed by atoms with E-state index in [0.29, 0.717) is 13.0 Å². The first-order valence-electron chi connectivity index (χ1n) is 6.86. The Kier molecular flexibility index (Phi) is 4.76. The lowest BCUT2D eigenvalue weighted by Gasteiger charge is -2.06. The number of carbonyl (C=O) groups excluding carboxylic acids is 1. The predicted octanol–water partition coefficient (Wildman–Crippen LogP) is 2.18. The molecule has 0 atom stereocenters. The van der Waals surface area contributed by atoms with Gasteiger partial charge in [-0.05, 0) is 36.8 Å². The van der Waals surface area contributed by atoms with Crippen LogP contribution in [0.4, 0.5) is 0 Å². The number of benzene rings is 1. The molecule has 0 unspecified atom stereocenters. The summed E-state index contributed by atoms with van der Waals surface area (Å²) in [6.07, 6.45) is 3.25. The minimum absolute atomic E-state index is 0.120. The highest BCUT2D eigenvalue weighted by Gasteiger charge is 2.22. The largest absolute Gasteiger partial charge is 0.356 e. The lowest BCUT2D eigenvalue weighted by Crippen LogP contribution is -2.27. The molecule has 1 amide bonds. The molecule has 2 rings (SSSR count). The molecule has 3 nitrogen and oxygen atoms in total. The van der Waals surface area contributed by atoms with E-state index >= 15 is 0 Å². The molecule has 18 heavy (non-hydrogen) atoms. The van der Waals surface area contributed by atoms with Gasteiger partial charge in [0.05, 0.1) is 0 Å². The van der Waals surface area contributed by atoms with Crippen LogP contribution in [0.3, 0.4) is 0 Å². The van der Waals surface area contributed by atoms with Crippen molar-refractivity contribution in [1.82, 2.24) is 10.6 Å². The van der Waals surface area contributed by atoms with E-state index in [-0.39, 0.29) is 5.91 Å². The molecule has 0 heterocycles. The Bertz CT molecular complexity index is 382. The summed E-state index contributed by atoms with van der Waals surface area (Å²) < 4.78 is 0. The summed E-state index contributed by atoms with van der Waals surface area (Å²) >= 11 is 0.